The van der Waals surface area contributed by atoms with Crippen molar-refractivity contribution in [2.24, 2.45) is 0 Å². The molecule has 0 spiro atoms. The van der Waals surface area contributed by atoms with E-state index in [1.807, 2.05) is 12.4 Å². The molecule has 3 rings (SSSR count). The maximum Gasteiger partial charge on any atom is 0.0640 e. The predicted molar refractivity (Wildman–Crippen MR) is 84.5 cm³/mol. The minimum absolute atomic E-state index is 0.117. The molecule has 1 aromatic carbocycles. The zero-order valence-corrected chi connectivity index (χ0v) is 12.2. The summed E-state index contributed by atoms with van der Waals surface area (Å²) in [5.74, 6) is 0. The molecule has 21 heavy (non-hydrogen) atoms. The first-order valence-corrected chi connectivity index (χ1v) is 7.56. The van der Waals surface area contributed by atoms with Gasteiger partial charge < -0.3 is 15.3 Å². The highest BCUT2D eigenvalue weighted by molar-refractivity contribution is 5.58. The Morgan fingerprint density at radius 3 is 2.90 bits per heavy atom. The molecule has 1 aliphatic heterocycles. The molecule has 1 fully saturated rings. The lowest BCUT2D eigenvalue weighted by molar-refractivity contribution is 0.269. The van der Waals surface area contributed by atoms with Gasteiger partial charge in [-0.3, -0.25) is 4.68 Å². The minimum Gasteiger partial charge on any atom is -0.394 e. The van der Waals surface area contributed by atoms with Crippen LogP contribution in [0.5, 0.6) is 0 Å². The van der Waals surface area contributed by atoms with Crippen LogP contribution < -0.4 is 10.2 Å². The lowest BCUT2D eigenvalue weighted by Gasteiger charge is -2.18. The second kappa shape index (κ2) is 6.63. The normalized spacial score (nSPS) is 14.6. The SMILES string of the molecule is OCCn1cc(CNc2cccc(N3CCCC3)c2)cn1. The van der Waals surface area contributed by atoms with E-state index in [0.717, 1.165) is 30.9 Å². The molecule has 2 aromatic rings. The Morgan fingerprint density at radius 1 is 1.24 bits per heavy atom. The lowest BCUT2D eigenvalue weighted by atomic mass is 10.2. The average Bonchev–Trinajstić information content (AvgIpc) is 3.18. The van der Waals surface area contributed by atoms with Gasteiger partial charge in [0, 0.05) is 42.8 Å². The molecule has 5 nitrogen and oxygen atoms in total. The van der Waals surface area contributed by atoms with E-state index in [0.29, 0.717) is 6.54 Å². The molecule has 0 unspecified atom stereocenters. The summed E-state index contributed by atoms with van der Waals surface area (Å²) in [6.07, 6.45) is 6.39. The van der Waals surface area contributed by atoms with E-state index < -0.39 is 0 Å². The van der Waals surface area contributed by atoms with E-state index in [1.165, 1.54) is 18.5 Å². The first-order chi connectivity index (χ1) is 10.3. The fourth-order valence-electron chi connectivity index (χ4n) is 2.71. The van der Waals surface area contributed by atoms with Crippen molar-refractivity contribution in [1.29, 1.82) is 0 Å². The van der Waals surface area contributed by atoms with Gasteiger partial charge in [-0.25, -0.2) is 0 Å². The topological polar surface area (TPSA) is 53.3 Å². The Hall–Kier alpha value is -2.01. The number of benzene rings is 1. The summed E-state index contributed by atoms with van der Waals surface area (Å²) in [4.78, 5) is 2.43. The van der Waals surface area contributed by atoms with Crippen molar-refractivity contribution in [1.82, 2.24) is 9.78 Å². The summed E-state index contributed by atoms with van der Waals surface area (Å²) in [7, 11) is 0. The molecule has 5 heteroatoms. The molecule has 112 valence electrons. The third-order valence-electron chi connectivity index (χ3n) is 3.83. The standard InChI is InChI=1S/C16H22N4O/c21-9-8-20-13-14(12-18-20)11-17-15-4-3-5-16(10-15)19-6-1-2-7-19/h3-5,10,12-13,17,21H,1-2,6-9,11H2. The zero-order valence-electron chi connectivity index (χ0n) is 12.2. The fraction of sp³-hybridized carbons (Fsp3) is 0.438. The van der Waals surface area contributed by atoms with E-state index in [1.54, 1.807) is 4.68 Å². The van der Waals surface area contributed by atoms with Crippen LogP contribution in [-0.4, -0.2) is 34.6 Å². The van der Waals surface area contributed by atoms with Crippen LogP contribution in [0, 0.1) is 0 Å². The van der Waals surface area contributed by atoms with Crippen LogP contribution in [0.3, 0.4) is 0 Å². The highest BCUT2D eigenvalue weighted by Crippen LogP contribution is 2.23. The van der Waals surface area contributed by atoms with Crippen LogP contribution in [0.2, 0.25) is 0 Å². The van der Waals surface area contributed by atoms with Gasteiger partial charge in [0.2, 0.25) is 0 Å². The first kappa shape index (κ1) is 13.9. The highest BCUT2D eigenvalue weighted by atomic mass is 16.3. The molecule has 0 aliphatic carbocycles. The Bertz CT molecular complexity index is 575. The molecule has 2 heterocycles. The molecule has 2 N–H and O–H groups in total. The van der Waals surface area contributed by atoms with Gasteiger partial charge in [-0.1, -0.05) is 6.07 Å². The number of hydrogen-bond donors (Lipinski definition) is 2. The smallest absolute Gasteiger partial charge is 0.0640 e. The molecule has 1 aliphatic rings. The third kappa shape index (κ3) is 3.55. The van der Waals surface area contributed by atoms with E-state index in [4.69, 9.17) is 5.11 Å². The molecular weight excluding hydrogens is 264 g/mol. The highest BCUT2D eigenvalue weighted by Gasteiger charge is 2.12. The van der Waals surface area contributed by atoms with Gasteiger partial charge in [0.05, 0.1) is 19.3 Å². The number of aliphatic hydroxyl groups excluding tert-OH is 1. The van der Waals surface area contributed by atoms with Crippen molar-refractivity contribution in [2.75, 3.05) is 29.9 Å². The fourth-order valence-corrected chi connectivity index (χ4v) is 2.71. The van der Waals surface area contributed by atoms with Crippen molar-refractivity contribution in [3.8, 4) is 0 Å². The number of hydrogen-bond acceptors (Lipinski definition) is 4. The number of nitrogens with one attached hydrogen (secondary N) is 1. The second-order valence-corrected chi connectivity index (χ2v) is 5.43. The summed E-state index contributed by atoms with van der Waals surface area (Å²) in [6, 6.07) is 8.59. The van der Waals surface area contributed by atoms with Gasteiger partial charge in [0.1, 0.15) is 0 Å². The molecule has 0 atom stereocenters. The summed E-state index contributed by atoms with van der Waals surface area (Å²) < 4.78 is 1.76. The van der Waals surface area contributed by atoms with E-state index in [-0.39, 0.29) is 6.61 Å². The first-order valence-electron chi connectivity index (χ1n) is 7.56. The minimum atomic E-state index is 0.117. The molecule has 0 bridgehead atoms. The van der Waals surface area contributed by atoms with E-state index in [9.17, 15) is 0 Å². The van der Waals surface area contributed by atoms with Crippen LogP contribution in [0.4, 0.5) is 11.4 Å². The molecule has 1 saturated heterocycles. The van der Waals surface area contributed by atoms with Gasteiger partial charge in [0.25, 0.3) is 0 Å². The lowest BCUT2D eigenvalue weighted by Crippen LogP contribution is -2.17. The predicted octanol–water partition coefficient (Wildman–Crippen LogP) is 2.09. The number of aliphatic hydroxyl groups is 1. The molecule has 0 radical (unpaired) electrons. The number of aromatic nitrogens is 2. The average molecular weight is 286 g/mol. The Morgan fingerprint density at radius 2 is 2.10 bits per heavy atom. The monoisotopic (exact) mass is 286 g/mol. The Kier molecular flexibility index (Phi) is 4.40. The van der Waals surface area contributed by atoms with Crippen molar-refractivity contribution in [3.63, 3.8) is 0 Å². The van der Waals surface area contributed by atoms with Gasteiger partial charge in [-0.15, -0.1) is 0 Å². The second-order valence-electron chi connectivity index (χ2n) is 5.43. The summed E-state index contributed by atoms with van der Waals surface area (Å²) in [5, 5.41) is 16.5. The van der Waals surface area contributed by atoms with Crippen LogP contribution in [0.15, 0.2) is 36.7 Å². The Labute approximate surface area is 125 Å². The van der Waals surface area contributed by atoms with E-state index >= 15 is 0 Å². The van der Waals surface area contributed by atoms with Crippen molar-refractivity contribution >= 4 is 11.4 Å². The quantitative estimate of drug-likeness (QED) is 0.854. The Balaban J connectivity index is 1.60. The van der Waals surface area contributed by atoms with E-state index in [2.05, 4.69) is 39.6 Å². The van der Waals surface area contributed by atoms with Gasteiger partial charge >= 0.3 is 0 Å². The maximum atomic E-state index is 8.89. The summed E-state index contributed by atoms with van der Waals surface area (Å²) in [6.45, 7) is 3.74. The molecule has 0 saturated carbocycles. The van der Waals surface area contributed by atoms with Crippen LogP contribution in [0.25, 0.3) is 0 Å². The molecule has 0 amide bonds. The molecular formula is C16H22N4O. The zero-order chi connectivity index (χ0) is 14.5. The molecule has 1 aromatic heterocycles. The van der Waals surface area contributed by atoms with Crippen LogP contribution in [0.1, 0.15) is 18.4 Å². The van der Waals surface area contributed by atoms with Gasteiger partial charge in [-0.2, -0.15) is 5.10 Å². The number of rotatable bonds is 6. The largest absolute Gasteiger partial charge is 0.394 e. The summed E-state index contributed by atoms with van der Waals surface area (Å²) >= 11 is 0. The van der Waals surface area contributed by atoms with Crippen molar-refractivity contribution < 1.29 is 5.11 Å². The van der Waals surface area contributed by atoms with Crippen LogP contribution in [-0.2, 0) is 13.1 Å². The van der Waals surface area contributed by atoms with Crippen molar-refractivity contribution in [3.05, 3.63) is 42.2 Å². The number of anilines is 2. The van der Waals surface area contributed by atoms with Crippen molar-refractivity contribution in [2.45, 2.75) is 25.9 Å². The third-order valence-corrected chi connectivity index (χ3v) is 3.83. The van der Waals surface area contributed by atoms with Gasteiger partial charge in [-0.05, 0) is 31.0 Å². The van der Waals surface area contributed by atoms with Gasteiger partial charge in [0.15, 0.2) is 0 Å². The number of nitrogens with zero attached hydrogens (tertiary/aromatic N) is 3. The summed E-state index contributed by atoms with van der Waals surface area (Å²) in [5.41, 5.74) is 3.55. The maximum absolute atomic E-state index is 8.89. The van der Waals surface area contributed by atoms with Crippen LogP contribution >= 0.6 is 0 Å².